The van der Waals surface area contributed by atoms with Crippen molar-refractivity contribution in [3.05, 3.63) is 46.9 Å². The molecule has 0 saturated carbocycles. The van der Waals surface area contributed by atoms with Gasteiger partial charge >= 0.3 is 0 Å². The number of ether oxygens (including phenoxy) is 1. The van der Waals surface area contributed by atoms with E-state index in [1.54, 1.807) is 6.08 Å². The van der Waals surface area contributed by atoms with Gasteiger partial charge in [0.05, 0.1) is 18.8 Å². The molecule has 0 bridgehead atoms. The molecule has 1 heterocycles. The third-order valence-electron chi connectivity index (χ3n) is 2.04. The molecule has 1 aromatic heterocycles. The summed E-state index contributed by atoms with van der Waals surface area (Å²) in [6.07, 6.45) is 3.96. The topological polar surface area (TPSA) is 71.2 Å². The number of rotatable bonds is 7. The second-order valence-electron chi connectivity index (χ2n) is 3.39. The van der Waals surface area contributed by atoms with Crippen LogP contribution in [0.5, 0.6) is 0 Å². The van der Waals surface area contributed by atoms with Crippen molar-refractivity contribution in [3.63, 3.8) is 0 Å². The Bertz CT molecular complexity index is 406. The standard InChI is InChI=1S/C12H16N2O3/c1-2-3-7-17-8-6-13-12(16)10-4-5-11(15)14-9-10/h2,4-5,9H,1,3,6-8H2,(H,13,16)(H,14,15). The fourth-order valence-electron chi connectivity index (χ4n) is 1.16. The van der Waals surface area contributed by atoms with E-state index in [1.807, 2.05) is 0 Å². The molecule has 0 fully saturated rings. The number of hydrogen-bond acceptors (Lipinski definition) is 3. The SMILES string of the molecule is C=CCCOCCNC(=O)c1ccc(=O)[nH]c1. The van der Waals surface area contributed by atoms with E-state index in [0.29, 0.717) is 25.3 Å². The van der Waals surface area contributed by atoms with E-state index in [1.165, 1.54) is 18.3 Å². The van der Waals surface area contributed by atoms with Crippen molar-refractivity contribution in [3.8, 4) is 0 Å². The van der Waals surface area contributed by atoms with Gasteiger partial charge in [-0.1, -0.05) is 6.08 Å². The molecule has 0 atom stereocenters. The lowest BCUT2D eigenvalue weighted by Crippen LogP contribution is -2.27. The minimum absolute atomic E-state index is 0.227. The van der Waals surface area contributed by atoms with E-state index in [-0.39, 0.29) is 11.5 Å². The van der Waals surface area contributed by atoms with Crippen LogP contribution in [0.1, 0.15) is 16.8 Å². The zero-order valence-corrected chi connectivity index (χ0v) is 9.57. The molecule has 0 aliphatic carbocycles. The van der Waals surface area contributed by atoms with Crippen LogP contribution in [0.2, 0.25) is 0 Å². The molecule has 2 N–H and O–H groups in total. The van der Waals surface area contributed by atoms with E-state index < -0.39 is 0 Å². The van der Waals surface area contributed by atoms with Gasteiger partial charge in [-0.2, -0.15) is 0 Å². The average Bonchev–Trinajstić information content (AvgIpc) is 2.34. The Labute approximate surface area is 99.5 Å². The minimum atomic E-state index is -0.228. The lowest BCUT2D eigenvalue weighted by molar-refractivity contribution is 0.0917. The Morgan fingerprint density at radius 3 is 2.94 bits per heavy atom. The molecule has 17 heavy (non-hydrogen) atoms. The van der Waals surface area contributed by atoms with Gasteiger partial charge in [-0.05, 0) is 12.5 Å². The number of amides is 1. The van der Waals surface area contributed by atoms with Gasteiger partial charge in [-0.25, -0.2) is 0 Å². The van der Waals surface area contributed by atoms with Crippen molar-refractivity contribution < 1.29 is 9.53 Å². The Hall–Kier alpha value is -1.88. The molecule has 0 aromatic carbocycles. The van der Waals surface area contributed by atoms with Gasteiger partial charge in [0.25, 0.3) is 5.91 Å². The monoisotopic (exact) mass is 236 g/mol. The number of aromatic nitrogens is 1. The smallest absolute Gasteiger partial charge is 0.252 e. The van der Waals surface area contributed by atoms with Crippen molar-refractivity contribution in [1.29, 1.82) is 0 Å². The number of hydrogen-bond donors (Lipinski definition) is 2. The van der Waals surface area contributed by atoms with Crippen LogP contribution in [-0.4, -0.2) is 30.6 Å². The van der Waals surface area contributed by atoms with E-state index in [4.69, 9.17) is 4.74 Å². The summed E-state index contributed by atoms with van der Waals surface area (Å²) in [4.78, 5) is 24.8. The molecule has 0 aliphatic rings. The van der Waals surface area contributed by atoms with Crippen LogP contribution in [-0.2, 0) is 4.74 Å². The number of carbonyl (C=O) groups excluding carboxylic acids is 1. The minimum Gasteiger partial charge on any atom is -0.379 e. The highest BCUT2D eigenvalue weighted by Gasteiger charge is 2.03. The number of pyridine rings is 1. The second-order valence-corrected chi connectivity index (χ2v) is 3.39. The first-order valence-electron chi connectivity index (χ1n) is 5.39. The average molecular weight is 236 g/mol. The van der Waals surface area contributed by atoms with Gasteiger partial charge in [0.2, 0.25) is 5.56 Å². The van der Waals surface area contributed by atoms with E-state index in [9.17, 15) is 9.59 Å². The van der Waals surface area contributed by atoms with Gasteiger partial charge in [0.1, 0.15) is 0 Å². The molecule has 92 valence electrons. The highest BCUT2D eigenvalue weighted by Crippen LogP contribution is 1.92. The summed E-state index contributed by atoms with van der Waals surface area (Å²) < 4.78 is 5.24. The number of nitrogens with one attached hydrogen (secondary N) is 2. The summed E-state index contributed by atoms with van der Waals surface area (Å²) in [7, 11) is 0. The third kappa shape index (κ3) is 5.12. The van der Waals surface area contributed by atoms with Crippen LogP contribution in [0.25, 0.3) is 0 Å². The predicted octanol–water partition coefficient (Wildman–Crippen LogP) is 0.697. The van der Waals surface area contributed by atoms with Crippen LogP contribution < -0.4 is 10.9 Å². The zero-order chi connectivity index (χ0) is 12.5. The van der Waals surface area contributed by atoms with Gasteiger partial charge in [0, 0.05) is 18.8 Å². The maximum absolute atomic E-state index is 11.5. The lowest BCUT2D eigenvalue weighted by atomic mass is 10.3. The summed E-state index contributed by atoms with van der Waals surface area (Å²) in [6, 6.07) is 2.79. The van der Waals surface area contributed by atoms with Crippen molar-refractivity contribution in [1.82, 2.24) is 10.3 Å². The number of H-pyrrole nitrogens is 1. The molecule has 1 rings (SSSR count). The number of aromatic amines is 1. The van der Waals surface area contributed by atoms with Crippen molar-refractivity contribution >= 4 is 5.91 Å². The summed E-state index contributed by atoms with van der Waals surface area (Å²) in [6.45, 7) is 5.08. The molecule has 5 heteroatoms. The van der Waals surface area contributed by atoms with Crippen molar-refractivity contribution in [2.75, 3.05) is 19.8 Å². The van der Waals surface area contributed by atoms with E-state index in [2.05, 4.69) is 16.9 Å². The maximum Gasteiger partial charge on any atom is 0.252 e. The Morgan fingerprint density at radius 1 is 1.47 bits per heavy atom. The highest BCUT2D eigenvalue weighted by molar-refractivity contribution is 5.93. The first-order chi connectivity index (χ1) is 8.24. The Morgan fingerprint density at radius 2 is 2.29 bits per heavy atom. The van der Waals surface area contributed by atoms with E-state index in [0.717, 1.165) is 6.42 Å². The molecule has 0 unspecified atom stereocenters. The maximum atomic E-state index is 11.5. The molecule has 1 amide bonds. The molecule has 0 radical (unpaired) electrons. The zero-order valence-electron chi connectivity index (χ0n) is 9.57. The lowest BCUT2D eigenvalue weighted by Gasteiger charge is -2.05. The normalized spacial score (nSPS) is 9.88. The molecule has 0 saturated heterocycles. The fourth-order valence-corrected chi connectivity index (χ4v) is 1.16. The molecule has 0 spiro atoms. The summed E-state index contributed by atoms with van der Waals surface area (Å²) in [5, 5.41) is 2.68. The first-order valence-corrected chi connectivity index (χ1v) is 5.39. The molecular formula is C12H16N2O3. The van der Waals surface area contributed by atoms with Crippen LogP contribution in [0.4, 0.5) is 0 Å². The molecule has 0 aliphatic heterocycles. The summed E-state index contributed by atoms with van der Waals surface area (Å²) in [5.41, 5.74) is 0.199. The predicted molar refractivity (Wildman–Crippen MR) is 65.0 cm³/mol. The Kier molecular flexibility index (Phi) is 5.74. The highest BCUT2D eigenvalue weighted by atomic mass is 16.5. The van der Waals surface area contributed by atoms with Gasteiger partial charge in [-0.15, -0.1) is 6.58 Å². The summed E-state index contributed by atoms with van der Waals surface area (Å²) in [5.74, 6) is -0.228. The first kappa shape index (κ1) is 13.2. The van der Waals surface area contributed by atoms with Gasteiger partial charge < -0.3 is 15.0 Å². The largest absolute Gasteiger partial charge is 0.379 e. The third-order valence-corrected chi connectivity index (χ3v) is 2.04. The second kappa shape index (κ2) is 7.40. The van der Waals surface area contributed by atoms with Crippen molar-refractivity contribution in [2.24, 2.45) is 0 Å². The summed E-state index contributed by atoms with van der Waals surface area (Å²) >= 11 is 0. The van der Waals surface area contributed by atoms with Crippen LogP contribution >= 0.6 is 0 Å². The van der Waals surface area contributed by atoms with Crippen LogP contribution in [0.15, 0.2) is 35.8 Å². The fraction of sp³-hybridized carbons (Fsp3) is 0.333. The molecule has 1 aromatic rings. The van der Waals surface area contributed by atoms with Crippen LogP contribution in [0, 0.1) is 0 Å². The van der Waals surface area contributed by atoms with Crippen molar-refractivity contribution in [2.45, 2.75) is 6.42 Å². The van der Waals surface area contributed by atoms with E-state index >= 15 is 0 Å². The molecule has 5 nitrogen and oxygen atoms in total. The quantitative estimate of drug-likeness (QED) is 0.540. The molecular weight excluding hydrogens is 220 g/mol. The number of carbonyl (C=O) groups is 1. The van der Waals surface area contributed by atoms with Crippen LogP contribution in [0.3, 0.4) is 0 Å². The van der Waals surface area contributed by atoms with Gasteiger partial charge in [0.15, 0.2) is 0 Å². The Balaban J connectivity index is 2.23. The van der Waals surface area contributed by atoms with Gasteiger partial charge in [-0.3, -0.25) is 9.59 Å².